The van der Waals surface area contributed by atoms with Crippen molar-refractivity contribution >= 4 is 11.7 Å². The van der Waals surface area contributed by atoms with Crippen LogP contribution in [0.5, 0.6) is 0 Å². The van der Waals surface area contributed by atoms with Gasteiger partial charge >= 0.3 is 0 Å². The molecule has 0 aliphatic heterocycles. The van der Waals surface area contributed by atoms with Crippen LogP contribution >= 0.6 is 0 Å². The average molecular weight is 241 g/mol. The zero-order valence-corrected chi connectivity index (χ0v) is 11.6. The van der Waals surface area contributed by atoms with Crippen LogP contribution in [0.2, 0.25) is 0 Å². The molecule has 0 bridgehead atoms. The number of hydrogen-bond donors (Lipinski definition) is 1. The fourth-order valence-electron chi connectivity index (χ4n) is 1.77. The Kier molecular flexibility index (Phi) is 9.78. The summed E-state index contributed by atoms with van der Waals surface area (Å²) in [6, 6.07) is -0.326. The first-order valence-electron chi connectivity index (χ1n) is 6.93. The first-order valence-corrected chi connectivity index (χ1v) is 6.93. The highest BCUT2D eigenvalue weighted by Gasteiger charge is 2.12. The molecule has 0 aromatic heterocycles. The van der Waals surface area contributed by atoms with Gasteiger partial charge in [-0.25, -0.2) is 0 Å². The number of carbonyl (C=O) groups is 2. The predicted octanol–water partition coefficient (Wildman–Crippen LogP) is 3.22. The maximum absolute atomic E-state index is 11.5. The molecule has 0 saturated carbocycles. The van der Waals surface area contributed by atoms with Crippen molar-refractivity contribution in [2.24, 2.45) is 0 Å². The number of hydrogen-bond acceptors (Lipinski definition) is 2. The molecule has 0 radical (unpaired) electrons. The third-order valence-corrected chi connectivity index (χ3v) is 2.97. The van der Waals surface area contributed by atoms with Gasteiger partial charge in [0.05, 0.1) is 6.04 Å². The average Bonchev–Trinajstić information content (AvgIpc) is 2.32. The third kappa shape index (κ3) is 8.90. The first kappa shape index (κ1) is 16.1. The predicted molar refractivity (Wildman–Crippen MR) is 70.9 cm³/mol. The van der Waals surface area contributed by atoms with Crippen LogP contribution in [0, 0.1) is 0 Å². The summed E-state index contributed by atoms with van der Waals surface area (Å²) in [4.78, 5) is 22.8. The van der Waals surface area contributed by atoms with E-state index in [9.17, 15) is 9.59 Å². The number of unbranched alkanes of at least 4 members (excludes halogenated alkanes) is 5. The van der Waals surface area contributed by atoms with Gasteiger partial charge in [0.1, 0.15) is 0 Å². The molecule has 17 heavy (non-hydrogen) atoms. The molecule has 0 saturated heterocycles. The third-order valence-electron chi connectivity index (χ3n) is 2.97. The standard InChI is InChI=1S/C14H27NO2/c1-4-6-7-8-9-10-11-14(17)15-12(3)13(16)5-2/h12H,4-11H2,1-3H3,(H,15,17). The number of nitrogens with one attached hydrogen (secondary N) is 1. The normalized spacial score (nSPS) is 12.2. The molecular weight excluding hydrogens is 214 g/mol. The summed E-state index contributed by atoms with van der Waals surface area (Å²) in [5, 5.41) is 2.74. The van der Waals surface area contributed by atoms with Crippen LogP contribution in [0.3, 0.4) is 0 Å². The Hall–Kier alpha value is -0.860. The van der Waals surface area contributed by atoms with Crippen LogP contribution < -0.4 is 5.32 Å². The largest absolute Gasteiger partial charge is 0.347 e. The maximum atomic E-state index is 11.5. The van der Waals surface area contributed by atoms with Crippen LogP contribution in [-0.4, -0.2) is 17.7 Å². The first-order chi connectivity index (χ1) is 8.11. The van der Waals surface area contributed by atoms with E-state index in [1.807, 2.05) is 6.92 Å². The molecule has 1 unspecified atom stereocenters. The highest BCUT2D eigenvalue weighted by atomic mass is 16.2. The maximum Gasteiger partial charge on any atom is 0.220 e. The zero-order valence-electron chi connectivity index (χ0n) is 11.6. The summed E-state index contributed by atoms with van der Waals surface area (Å²) in [5.74, 6) is 0.107. The Morgan fingerprint density at radius 2 is 1.59 bits per heavy atom. The smallest absolute Gasteiger partial charge is 0.220 e. The molecule has 3 nitrogen and oxygen atoms in total. The minimum atomic E-state index is -0.326. The van der Waals surface area contributed by atoms with E-state index in [1.54, 1.807) is 6.92 Å². The van der Waals surface area contributed by atoms with Crippen LogP contribution in [0.4, 0.5) is 0 Å². The Labute approximate surface area is 105 Å². The summed E-state index contributed by atoms with van der Waals surface area (Å²) >= 11 is 0. The molecule has 1 atom stereocenters. The van der Waals surface area contributed by atoms with Crippen LogP contribution in [-0.2, 0) is 9.59 Å². The van der Waals surface area contributed by atoms with Crippen molar-refractivity contribution in [3.05, 3.63) is 0 Å². The molecule has 0 fully saturated rings. The van der Waals surface area contributed by atoms with Crippen molar-refractivity contribution in [1.82, 2.24) is 5.32 Å². The Morgan fingerprint density at radius 1 is 1.00 bits per heavy atom. The van der Waals surface area contributed by atoms with Gasteiger partial charge in [0, 0.05) is 12.8 Å². The minimum absolute atomic E-state index is 0.00907. The quantitative estimate of drug-likeness (QED) is 0.597. The van der Waals surface area contributed by atoms with E-state index in [1.165, 1.54) is 25.7 Å². The Balaban J connectivity index is 3.49. The summed E-state index contributed by atoms with van der Waals surface area (Å²) < 4.78 is 0. The van der Waals surface area contributed by atoms with E-state index >= 15 is 0 Å². The topological polar surface area (TPSA) is 46.2 Å². The van der Waals surface area contributed by atoms with Gasteiger partial charge in [0.2, 0.25) is 5.91 Å². The lowest BCUT2D eigenvalue weighted by atomic mass is 10.1. The SMILES string of the molecule is CCCCCCCCC(=O)NC(C)C(=O)CC. The second-order valence-electron chi connectivity index (χ2n) is 4.63. The van der Waals surface area contributed by atoms with Crippen molar-refractivity contribution in [3.8, 4) is 0 Å². The highest BCUT2D eigenvalue weighted by molar-refractivity contribution is 5.88. The van der Waals surface area contributed by atoms with E-state index in [4.69, 9.17) is 0 Å². The fourth-order valence-corrected chi connectivity index (χ4v) is 1.77. The Morgan fingerprint density at radius 3 is 2.18 bits per heavy atom. The molecule has 0 aliphatic rings. The lowest BCUT2D eigenvalue weighted by Gasteiger charge is -2.11. The van der Waals surface area contributed by atoms with E-state index in [0.29, 0.717) is 12.8 Å². The molecule has 0 aromatic rings. The lowest BCUT2D eigenvalue weighted by molar-refractivity contribution is -0.127. The number of amides is 1. The molecule has 0 rings (SSSR count). The zero-order chi connectivity index (χ0) is 13.1. The number of ketones is 1. The van der Waals surface area contributed by atoms with Crippen molar-refractivity contribution in [1.29, 1.82) is 0 Å². The highest BCUT2D eigenvalue weighted by Crippen LogP contribution is 2.06. The molecule has 100 valence electrons. The van der Waals surface area contributed by atoms with Gasteiger partial charge in [-0.15, -0.1) is 0 Å². The monoisotopic (exact) mass is 241 g/mol. The summed E-state index contributed by atoms with van der Waals surface area (Å²) in [5.41, 5.74) is 0. The van der Waals surface area contributed by atoms with Crippen LogP contribution in [0.15, 0.2) is 0 Å². The van der Waals surface area contributed by atoms with Crippen LogP contribution in [0.1, 0.15) is 72.1 Å². The molecule has 0 aromatic carbocycles. The van der Waals surface area contributed by atoms with Crippen LogP contribution in [0.25, 0.3) is 0 Å². The van der Waals surface area contributed by atoms with Crippen molar-refractivity contribution in [2.45, 2.75) is 78.2 Å². The van der Waals surface area contributed by atoms with Gasteiger partial charge in [-0.2, -0.15) is 0 Å². The van der Waals surface area contributed by atoms with Gasteiger partial charge in [0.25, 0.3) is 0 Å². The number of carbonyl (C=O) groups excluding carboxylic acids is 2. The van der Waals surface area contributed by atoms with Gasteiger partial charge in [0.15, 0.2) is 5.78 Å². The van der Waals surface area contributed by atoms with E-state index in [-0.39, 0.29) is 17.7 Å². The van der Waals surface area contributed by atoms with Gasteiger partial charge in [-0.1, -0.05) is 46.0 Å². The molecule has 1 amide bonds. The van der Waals surface area contributed by atoms with E-state index < -0.39 is 0 Å². The van der Waals surface area contributed by atoms with Gasteiger partial charge < -0.3 is 5.32 Å². The molecule has 0 heterocycles. The Bertz CT molecular complexity index is 226. The van der Waals surface area contributed by atoms with Crippen molar-refractivity contribution in [3.63, 3.8) is 0 Å². The number of Topliss-reactive ketones (excluding diaryl/α,β-unsaturated/α-hetero) is 1. The molecular formula is C14H27NO2. The lowest BCUT2D eigenvalue weighted by Crippen LogP contribution is -2.38. The molecule has 0 spiro atoms. The van der Waals surface area contributed by atoms with Crippen molar-refractivity contribution in [2.75, 3.05) is 0 Å². The molecule has 1 N–H and O–H groups in total. The summed E-state index contributed by atoms with van der Waals surface area (Å²) in [7, 11) is 0. The fraction of sp³-hybridized carbons (Fsp3) is 0.857. The summed E-state index contributed by atoms with van der Waals surface area (Å²) in [6.45, 7) is 5.77. The summed E-state index contributed by atoms with van der Waals surface area (Å²) in [6.07, 6.45) is 8.09. The van der Waals surface area contributed by atoms with Crippen molar-refractivity contribution < 1.29 is 9.59 Å². The minimum Gasteiger partial charge on any atom is -0.347 e. The van der Waals surface area contributed by atoms with Gasteiger partial charge in [-0.3, -0.25) is 9.59 Å². The second kappa shape index (κ2) is 10.3. The van der Waals surface area contributed by atoms with Gasteiger partial charge in [-0.05, 0) is 13.3 Å². The second-order valence-corrected chi connectivity index (χ2v) is 4.63. The molecule has 0 aliphatic carbocycles. The van der Waals surface area contributed by atoms with E-state index in [0.717, 1.165) is 12.8 Å². The number of rotatable bonds is 10. The molecule has 3 heteroatoms. The van der Waals surface area contributed by atoms with E-state index in [2.05, 4.69) is 12.2 Å².